The third-order valence-corrected chi connectivity index (χ3v) is 6.93. The summed E-state index contributed by atoms with van der Waals surface area (Å²) in [6.07, 6.45) is 5.58. The van der Waals surface area contributed by atoms with Crippen LogP contribution in [0, 0.1) is 0 Å². The lowest BCUT2D eigenvalue weighted by molar-refractivity contribution is 0.489. The third kappa shape index (κ3) is 4.80. The van der Waals surface area contributed by atoms with E-state index in [1.165, 1.54) is 12.8 Å². The number of rotatable bonds is 9. The molecule has 0 bridgehead atoms. The molecule has 2 rings (SSSR count). The number of unbranched alkanes of at least 4 members (excludes halogenated alkanes) is 1. The first-order valence-corrected chi connectivity index (χ1v) is 10.4. The summed E-state index contributed by atoms with van der Waals surface area (Å²) in [5.41, 5.74) is 0. The molecule has 0 aromatic heterocycles. The summed E-state index contributed by atoms with van der Waals surface area (Å²) in [4.78, 5) is 0. The van der Waals surface area contributed by atoms with E-state index >= 15 is 0 Å². The standard InChI is InChI=1S/C20H28NOP/c1-3-5-13-18(12-4-2)21-23(22,19-14-8-6-9-15-19)20-16-10-7-11-17-20/h6-11,14-18H,3-5,12-13H2,1-2H3,(H,21,22). The van der Waals surface area contributed by atoms with Crippen LogP contribution in [0.2, 0.25) is 0 Å². The zero-order valence-corrected chi connectivity index (χ0v) is 15.1. The summed E-state index contributed by atoms with van der Waals surface area (Å²) in [6.45, 7) is 4.40. The summed E-state index contributed by atoms with van der Waals surface area (Å²) in [5.74, 6) is 0. The van der Waals surface area contributed by atoms with Gasteiger partial charge in [0, 0.05) is 16.7 Å². The van der Waals surface area contributed by atoms with Gasteiger partial charge >= 0.3 is 0 Å². The first-order valence-electron chi connectivity index (χ1n) is 8.69. The van der Waals surface area contributed by atoms with E-state index in [0.717, 1.165) is 29.9 Å². The van der Waals surface area contributed by atoms with Crippen LogP contribution in [0.15, 0.2) is 60.7 Å². The van der Waals surface area contributed by atoms with Crippen LogP contribution in [0.1, 0.15) is 46.0 Å². The van der Waals surface area contributed by atoms with Crippen molar-refractivity contribution in [2.24, 2.45) is 0 Å². The molecular weight excluding hydrogens is 301 g/mol. The van der Waals surface area contributed by atoms with Gasteiger partial charge in [-0.15, -0.1) is 0 Å². The molecule has 124 valence electrons. The normalized spacial score (nSPS) is 13.0. The average Bonchev–Trinajstić information content (AvgIpc) is 2.61. The monoisotopic (exact) mass is 329 g/mol. The van der Waals surface area contributed by atoms with Crippen molar-refractivity contribution in [3.8, 4) is 0 Å². The molecule has 0 radical (unpaired) electrons. The van der Waals surface area contributed by atoms with Crippen molar-refractivity contribution in [3.63, 3.8) is 0 Å². The molecule has 2 aromatic rings. The minimum Gasteiger partial charge on any atom is -0.297 e. The van der Waals surface area contributed by atoms with Gasteiger partial charge in [-0.3, -0.25) is 9.65 Å². The Balaban J connectivity index is 2.36. The van der Waals surface area contributed by atoms with Gasteiger partial charge in [0.15, 0.2) is 0 Å². The van der Waals surface area contributed by atoms with Crippen LogP contribution < -0.4 is 15.7 Å². The van der Waals surface area contributed by atoms with Crippen LogP contribution in [0.5, 0.6) is 0 Å². The molecule has 0 amide bonds. The highest BCUT2D eigenvalue weighted by molar-refractivity contribution is 7.76. The number of hydrogen-bond acceptors (Lipinski definition) is 1. The predicted molar refractivity (Wildman–Crippen MR) is 101 cm³/mol. The number of nitrogens with one attached hydrogen (secondary N) is 1. The van der Waals surface area contributed by atoms with E-state index < -0.39 is 7.29 Å². The van der Waals surface area contributed by atoms with Gasteiger partial charge in [-0.25, -0.2) is 0 Å². The lowest BCUT2D eigenvalue weighted by atomic mass is 10.1. The molecule has 0 saturated heterocycles. The van der Waals surface area contributed by atoms with Crippen molar-refractivity contribution < 1.29 is 4.57 Å². The summed E-state index contributed by atoms with van der Waals surface area (Å²) in [7, 11) is -2.80. The van der Waals surface area contributed by atoms with Crippen LogP contribution in [0.4, 0.5) is 0 Å². The van der Waals surface area contributed by atoms with E-state index in [9.17, 15) is 4.57 Å². The smallest absolute Gasteiger partial charge is 0.204 e. The topological polar surface area (TPSA) is 29.1 Å². The fourth-order valence-corrected chi connectivity index (χ4v) is 5.46. The van der Waals surface area contributed by atoms with Crippen molar-refractivity contribution in [2.75, 3.05) is 0 Å². The van der Waals surface area contributed by atoms with Gasteiger partial charge in [0.05, 0.1) is 0 Å². The molecule has 3 heteroatoms. The second-order valence-electron chi connectivity index (χ2n) is 6.04. The van der Waals surface area contributed by atoms with Crippen LogP contribution in [-0.4, -0.2) is 6.04 Å². The molecule has 2 nitrogen and oxygen atoms in total. The van der Waals surface area contributed by atoms with Crippen molar-refractivity contribution in [1.82, 2.24) is 5.09 Å². The lowest BCUT2D eigenvalue weighted by Gasteiger charge is -2.27. The highest BCUT2D eigenvalue weighted by Gasteiger charge is 2.29. The Morgan fingerprint density at radius 3 is 1.78 bits per heavy atom. The van der Waals surface area contributed by atoms with Gasteiger partial charge in [0.2, 0.25) is 7.29 Å². The van der Waals surface area contributed by atoms with E-state index in [4.69, 9.17) is 0 Å². The Morgan fingerprint density at radius 1 is 0.826 bits per heavy atom. The third-order valence-electron chi connectivity index (χ3n) is 4.15. The van der Waals surface area contributed by atoms with E-state index in [0.29, 0.717) is 6.04 Å². The van der Waals surface area contributed by atoms with Crippen molar-refractivity contribution in [1.29, 1.82) is 0 Å². The quantitative estimate of drug-likeness (QED) is 0.665. The van der Waals surface area contributed by atoms with Crippen LogP contribution >= 0.6 is 7.29 Å². The molecule has 2 aromatic carbocycles. The molecule has 1 unspecified atom stereocenters. The second-order valence-corrected chi connectivity index (χ2v) is 8.55. The summed E-state index contributed by atoms with van der Waals surface area (Å²) in [6, 6.07) is 20.0. The minimum atomic E-state index is -2.80. The molecule has 1 N–H and O–H groups in total. The maximum absolute atomic E-state index is 14.0. The van der Waals surface area contributed by atoms with Crippen molar-refractivity contribution in [3.05, 3.63) is 60.7 Å². The number of hydrogen-bond donors (Lipinski definition) is 1. The molecule has 0 aliphatic heterocycles. The summed E-state index contributed by atoms with van der Waals surface area (Å²) < 4.78 is 14.0. The number of benzene rings is 2. The zero-order chi connectivity index (χ0) is 16.5. The van der Waals surface area contributed by atoms with E-state index in [1.54, 1.807) is 0 Å². The molecule has 1 atom stereocenters. The molecule has 0 saturated carbocycles. The molecule has 23 heavy (non-hydrogen) atoms. The first kappa shape index (κ1) is 18.0. The maximum atomic E-state index is 14.0. The summed E-state index contributed by atoms with van der Waals surface area (Å²) in [5, 5.41) is 5.34. The van der Waals surface area contributed by atoms with Crippen molar-refractivity contribution >= 4 is 17.9 Å². The Labute approximate surface area is 140 Å². The Hall–Kier alpha value is -1.37. The molecule has 0 spiro atoms. The van der Waals surface area contributed by atoms with E-state index in [2.05, 4.69) is 18.9 Å². The van der Waals surface area contributed by atoms with Gasteiger partial charge in [0.25, 0.3) is 0 Å². The highest BCUT2D eigenvalue weighted by Crippen LogP contribution is 2.40. The lowest BCUT2D eigenvalue weighted by Crippen LogP contribution is -2.35. The maximum Gasteiger partial charge on any atom is 0.204 e. The minimum absolute atomic E-state index is 0.297. The van der Waals surface area contributed by atoms with Crippen LogP contribution in [-0.2, 0) is 4.57 Å². The highest BCUT2D eigenvalue weighted by atomic mass is 31.2. The van der Waals surface area contributed by atoms with Gasteiger partial charge in [-0.05, 0) is 37.1 Å². The zero-order valence-electron chi connectivity index (χ0n) is 14.2. The largest absolute Gasteiger partial charge is 0.297 e. The van der Waals surface area contributed by atoms with Gasteiger partial charge in [0.1, 0.15) is 0 Å². The van der Waals surface area contributed by atoms with Gasteiger partial charge < -0.3 is 0 Å². The average molecular weight is 329 g/mol. The fraction of sp³-hybridized carbons (Fsp3) is 0.400. The molecule has 0 fully saturated rings. The Bertz CT molecular complexity index is 569. The Kier molecular flexibility index (Phi) is 7.08. The predicted octanol–water partition coefficient (Wildman–Crippen LogP) is 4.86. The van der Waals surface area contributed by atoms with E-state index in [1.807, 2.05) is 60.7 Å². The van der Waals surface area contributed by atoms with Gasteiger partial charge in [-0.1, -0.05) is 69.5 Å². The fourth-order valence-electron chi connectivity index (χ4n) is 2.90. The van der Waals surface area contributed by atoms with Crippen LogP contribution in [0.3, 0.4) is 0 Å². The molecule has 0 aliphatic carbocycles. The summed E-state index contributed by atoms with van der Waals surface area (Å²) >= 11 is 0. The Morgan fingerprint density at radius 2 is 1.35 bits per heavy atom. The SMILES string of the molecule is CCCCC(CCC)NP(=O)(c1ccccc1)c1ccccc1. The second kappa shape index (κ2) is 9.05. The van der Waals surface area contributed by atoms with Gasteiger partial charge in [-0.2, -0.15) is 0 Å². The first-order chi connectivity index (χ1) is 11.2. The molecule has 0 heterocycles. The van der Waals surface area contributed by atoms with Crippen molar-refractivity contribution in [2.45, 2.75) is 52.0 Å². The molecule has 0 aliphatic rings. The van der Waals surface area contributed by atoms with E-state index in [-0.39, 0.29) is 0 Å². The molecular formula is C20H28NOP. The van der Waals surface area contributed by atoms with Crippen LogP contribution in [0.25, 0.3) is 0 Å².